The van der Waals surface area contributed by atoms with Gasteiger partial charge in [-0.2, -0.15) is 31.6 Å². The lowest BCUT2D eigenvalue weighted by Crippen LogP contribution is -2.56. The van der Waals surface area contributed by atoms with Crippen molar-refractivity contribution >= 4 is 0 Å². The van der Waals surface area contributed by atoms with E-state index < -0.39 is 41.7 Å². The number of alkyl halides is 6. The van der Waals surface area contributed by atoms with E-state index in [1.165, 1.54) is 0 Å². The molecule has 2 saturated heterocycles. The second kappa shape index (κ2) is 10.8. The van der Waals surface area contributed by atoms with Crippen molar-refractivity contribution in [3.8, 4) is 0 Å². The Labute approximate surface area is 237 Å². The third-order valence-corrected chi connectivity index (χ3v) is 8.43. The summed E-state index contributed by atoms with van der Waals surface area (Å²) in [4.78, 5) is 2.35. The minimum atomic E-state index is -4.94. The molecule has 4 atom stereocenters. The molecule has 2 aliphatic rings. The number of nitrogens with zero attached hydrogens (tertiary/aromatic N) is 4. The van der Waals surface area contributed by atoms with Crippen molar-refractivity contribution in [3.05, 3.63) is 113 Å². The van der Waals surface area contributed by atoms with Gasteiger partial charge < -0.3 is 4.74 Å². The van der Waals surface area contributed by atoms with Gasteiger partial charge in [-0.15, -0.1) is 10.2 Å². The Morgan fingerprint density at radius 3 is 2.07 bits per heavy atom. The zero-order valence-electron chi connectivity index (χ0n) is 22.2. The van der Waals surface area contributed by atoms with Crippen molar-refractivity contribution in [2.45, 2.75) is 68.4 Å². The molecule has 0 radical (unpaired) electrons. The first-order chi connectivity index (χ1) is 20.1. The number of aromatic amines is 1. The second-order valence-corrected chi connectivity index (χ2v) is 10.8. The summed E-state index contributed by atoms with van der Waals surface area (Å²) in [6.07, 6.45) is -8.66. The fourth-order valence-electron chi connectivity index (χ4n) is 6.68. The van der Waals surface area contributed by atoms with Crippen LogP contribution in [0.4, 0.5) is 26.3 Å². The zero-order chi connectivity index (χ0) is 29.5. The number of H-pyrrole nitrogens is 1. The summed E-state index contributed by atoms with van der Waals surface area (Å²) in [7, 11) is 0. The van der Waals surface area contributed by atoms with Gasteiger partial charge in [0, 0.05) is 18.5 Å². The number of ether oxygens (including phenoxy) is 1. The highest BCUT2D eigenvalue weighted by Gasteiger charge is 2.60. The van der Waals surface area contributed by atoms with Gasteiger partial charge in [-0.3, -0.25) is 4.90 Å². The molecule has 3 aromatic carbocycles. The lowest BCUT2D eigenvalue weighted by atomic mass is 9.78. The van der Waals surface area contributed by atoms with Gasteiger partial charge >= 0.3 is 12.4 Å². The molecule has 2 bridgehead atoms. The Balaban J connectivity index is 1.40. The average Bonchev–Trinajstić information content (AvgIpc) is 3.57. The van der Waals surface area contributed by atoms with E-state index in [0.717, 1.165) is 23.3 Å². The number of hydrogen-bond donors (Lipinski definition) is 1. The number of hydrogen-bond acceptors (Lipinski definition) is 5. The van der Waals surface area contributed by atoms with Crippen LogP contribution in [0.1, 0.15) is 58.8 Å². The van der Waals surface area contributed by atoms with Gasteiger partial charge in [0.2, 0.25) is 0 Å². The van der Waals surface area contributed by atoms with E-state index >= 15 is 0 Å². The molecule has 42 heavy (non-hydrogen) atoms. The number of halogens is 6. The van der Waals surface area contributed by atoms with E-state index in [0.29, 0.717) is 31.6 Å². The fraction of sp³-hybridized carbons (Fsp3) is 0.367. The van der Waals surface area contributed by atoms with E-state index in [9.17, 15) is 26.3 Å². The third kappa shape index (κ3) is 5.29. The molecule has 3 heterocycles. The van der Waals surface area contributed by atoms with Crippen LogP contribution in [-0.2, 0) is 35.8 Å². The maximum Gasteiger partial charge on any atom is 0.416 e. The number of nitrogens with one attached hydrogen (secondary N) is 1. The highest BCUT2D eigenvalue weighted by molar-refractivity contribution is 5.35. The molecule has 4 unspecified atom stereocenters. The Morgan fingerprint density at radius 2 is 1.48 bits per heavy atom. The van der Waals surface area contributed by atoms with E-state index in [1.807, 2.05) is 60.7 Å². The molecule has 1 N–H and O–H groups in total. The van der Waals surface area contributed by atoms with Crippen LogP contribution in [0.3, 0.4) is 0 Å². The Kier molecular flexibility index (Phi) is 7.30. The summed E-state index contributed by atoms with van der Waals surface area (Å²) in [6, 6.07) is 21.2. The molecule has 12 heteroatoms. The SMILES string of the molecule is FC(F)(F)c1cc(COC2CCC3C(c4nn[nH]n4)CC2(c2ccccc2)N3Cc2ccccc2)cc(C(F)(F)F)c1. The van der Waals surface area contributed by atoms with E-state index in [2.05, 4.69) is 25.5 Å². The molecule has 2 fully saturated rings. The highest BCUT2D eigenvalue weighted by atomic mass is 19.4. The van der Waals surface area contributed by atoms with Crippen LogP contribution < -0.4 is 0 Å². The first-order valence-electron chi connectivity index (χ1n) is 13.6. The molecular formula is C30H27F6N5O. The lowest BCUT2D eigenvalue weighted by molar-refractivity contribution is -0.143. The molecule has 0 amide bonds. The predicted molar refractivity (Wildman–Crippen MR) is 140 cm³/mol. The van der Waals surface area contributed by atoms with Crippen molar-refractivity contribution in [1.82, 2.24) is 25.5 Å². The molecule has 4 aromatic rings. The summed E-state index contributed by atoms with van der Waals surface area (Å²) < 4.78 is 87.6. The van der Waals surface area contributed by atoms with Crippen molar-refractivity contribution < 1.29 is 31.1 Å². The molecule has 6 rings (SSSR count). The van der Waals surface area contributed by atoms with Crippen LogP contribution in [0.2, 0.25) is 0 Å². The molecule has 0 saturated carbocycles. The third-order valence-electron chi connectivity index (χ3n) is 8.43. The maximum atomic E-state index is 13.5. The van der Waals surface area contributed by atoms with Crippen molar-refractivity contribution in [2.24, 2.45) is 0 Å². The van der Waals surface area contributed by atoms with E-state index in [1.54, 1.807) is 0 Å². The summed E-state index contributed by atoms with van der Waals surface area (Å²) in [5.41, 5.74) is -1.65. The number of rotatable bonds is 7. The molecule has 6 nitrogen and oxygen atoms in total. The minimum Gasteiger partial charge on any atom is -0.371 e. The minimum absolute atomic E-state index is 0.00764. The van der Waals surface area contributed by atoms with Gasteiger partial charge in [0.05, 0.1) is 29.4 Å². The van der Waals surface area contributed by atoms with Crippen LogP contribution in [0.5, 0.6) is 0 Å². The first kappa shape index (κ1) is 28.4. The molecular weight excluding hydrogens is 560 g/mol. The van der Waals surface area contributed by atoms with Crippen LogP contribution in [0.25, 0.3) is 0 Å². The number of piperidine rings is 1. The van der Waals surface area contributed by atoms with Crippen molar-refractivity contribution in [3.63, 3.8) is 0 Å². The summed E-state index contributed by atoms with van der Waals surface area (Å²) in [5, 5.41) is 14.9. The molecule has 2 aliphatic heterocycles. The largest absolute Gasteiger partial charge is 0.416 e. The second-order valence-electron chi connectivity index (χ2n) is 10.8. The molecule has 220 valence electrons. The highest BCUT2D eigenvalue weighted by Crippen LogP contribution is 2.57. The Hall–Kier alpha value is -3.77. The monoisotopic (exact) mass is 587 g/mol. The maximum absolute atomic E-state index is 13.5. The van der Waals surface area contributed by atoms with Gasteiger partial charge in [0.1, 0.15) is 0 Å². The van der Waals surface area contributed by atoms with Gasteiger partial charge in [0.25, 0.3) is 0 Å². The van der Waals surface area contributed by atoms with E-state index in [-0.39, 0.29) is 23.6 Å². The summed E-state index contributed by atoms with van der Waals surface area (Å²) >= 11 is 0. The molecule has 0 aliphatic carbocycles. The first-order valence-corrected chi connectivity index (χ1v) is 13.6. The van der Waals surface area contributed by atoms with Crippen LogP contribution >= 0.6 is 0 Å². The Morgan fingerprint density at radius 1 is 0.833 bits per heavy atom. The Bertz CT molecular complexity index is 1460. The van der Waals surface area contributed by atoms with Crippen LogP contribution in [0.15, 0.2) is 78.9 Å². The number of aromatic nitrogens is 4. The van der Waals surface area contributed by atoms with Crippen LogP contribution in [-0.4, -0.2) is 37.7 Å². The average molecular weight is 588 g/mol. The quantitative estimate of drug-likeness (QED) is 0.239. The van der Waals surface area contributed by atoms with Gasteiger partial charge in [-0.1, -0.05) is 65.9 Å². The molecule has 0 spiro atoms. The van der Waals surface area contributed by atoms with Crippen molar-refractivity contribution in [2.75, 3.05) is 0 Å². The van der Waals surface area contributed by atoms with Gasteiger partial charge in [-0.25, -0.2) is 0 Å². The standard InChI is InChI=1S/C30H27F6N5O/c31-29(32,33)22-13-20(14-23(15-22)30(34,35)36)18-42-26-12-11-25-24(27-37-39-40-38-27)16-28(26,21-9-5-2-6-10-21)41(25)17-19-7-3-1-4-8-19/h1-10,13-15,24-26H,11-12,16-18H2,(H,37,38,39,40). The smallest absolute Gasteiger partial charge is 0.371 e. The number of tetrazole rings is 1. The summed E-state index contributed by atoms with van der Waals surface area (Å²) in [6.45, 7) is 0.138. The normalized spacial score (nSPS) is 24.7. The molecule has 1 aromatic heterocycles. The summed E-state index contributed by atoms with van der Waals surface area (Å²) in [5.74, 6) is 0.441. The van der Waals surface area contributed by atoms with Gasteiger partial charge in [-0.05, 0) is 54.2 Å². The number of fused-ring (bicyclic) bond motifs is 2. The van der Waals surface area contributed by atoms with Gasteiger partial charge in [0.15, 0.2) is 5.82 Å². The topological polar surface area (TPSA) is 66.9 Å². The van der Waals surface area contributed by atoms with Crippen molar-refractivity contribution in [1.29, 1.82) is 0 Å². The fourth-order valence-corrected chi connectivity index (χ4v) is 6.68. The van der Waals surface area contributed by atoms with E-state index in [4.69, 9.17) is 4.74 Å². The number of benzene rings is 3. The van der Waals surface area contributed by atoms with Crippen LogP contribution in [0, 0.1) is 0 Å². The lowest BCUT2D eigenvalue weighted by Gasteiger charge is -2.50. The predicted octanol–water partition coefficient (Wildman–Crippen LogP) is 6.87. The zero-order valence-corrected chi connectivity index (χ0v) is 22.2.